The quantitative estimate of drug-likeness (QED) is 0.790. The highest BCUT2D eigenvalue weighted by molar-refractivity contribution is 7.14. The molecule has 0 bridgehead atoms. The molecule has 1 aliphatic rings. The molecule has 0 unspecified atom stereocenters. The number of rotatable bonds is 4. The largest absolute Gasteiger partial charge is 0.342 e. The maximum absolute atomic E-state index is 12.2. The van der Waals surface area contributed by atoms with Gasteiger partial charge in [-0.1, -0.05) is 11.2 Å². The third-order valence-corrected chi connectivity index (χ3v) is 5.21. The van der Waals surface area contributed by atoms with Crippen LogP contribution in [0.1, 0.15) is 38.0 Å². The normalized spacial score (nSPS) is 13.0. The van der Waals surface area contributed by atoms with E-state index in [4.69, 9.17) is 4.52 Å². The minimum Gasteiger partial charge on any atom is -0.342 e. The van der Waals surface area contributed by atoms with E-state index in [9.17, 15) is 4.79 Å². The van der Waals surface area contributed by atoms with Gasteiger partial charge in [-0.05, 0) is 49.4 Å². The average Bonchev–Trinajstić information content (AvgIpc) is 3.29. The van der Waals surface area contributed by atoms with Gasteiger partial charge in [-0.15, -0.1) is 11.3 Å². The topological polar surface area (TPSA) is 80.9 Å². The molecule has 0 saturated heterocycles. The number of hydrogen-bond acceptors (Lipinski definition) is 6. The van der Waals surface area contributed by atoms with E-state index in [2.05, 4.69) is 20.4 Å². The Balaban J connectivity index is 1.40. The average molecular weight is 340 g/mol. The first-order valence-electron chi connectivity index (χ1n) is 7.84. The molecule has 6 nitrogen and oxygen atoms in total. The second-order valence-corrected chi connectivity index (χ2v) is 6.96. The van der Waals surface area contributed by atoms with Gasteiger partial charge < -0.3 is 9.84 Å². The first-order chi connectivity index (χ1) is 11.7. The number of carbonyl (C=O) groups excluding carboxylic acids is 1. The zero-order chi connectivity index (χ0) is 16.5. The molecule has 0 fully saturated rings. The predicted molar refractivity (Wildman–Crippen MR) is 89.8 cm³/mol. The standard InChI is InChI=1S/C17H16N4O2S/c1-10-5-6-12(18-8-10)16-20-15(23-21-16)9-19-17(22)14-7-11-3-2-4-13(11)24-14/h5-8H,2-4,9H2,1H3,(H,19,22). The van der Waals surface area contributed by atoms with Gasteiger partial charge in [0, 0.05) is 11.1 Å². The van der Waals surface area contributed by atoms with Crippen LogP contribution in [0.5, 0.6) is 0 Å². The van der Waals surface area contributed by atoms with Crippen molar-refractivity contribution in [2.24, 2.45) is 0 Å². The van der Waals surface area contributed by atoms with Crippen molar-refractivity contribution < 1.29 is 9.32 Å². The lowest BCUT2D eigenvalue weighted by Crippen LogP contribution is -2.22. The van der Waals surface area contributed by atoms with Crippen LogP contribution in [0.4, 0.5) is 0 Å². The number of aryl methyl sites for hydroxylation is 3. The number of fused-ring (bicyclic) bond motifs is 1. The first kappa shape index (κ1) is 15.0. The highest BCUT2D eigenvalue weighted by atomic mass is 32.1. The molecule has 7 heteroatoms. The van der Waals surface area contributed by atoms with Crippen LogP contribution in [0, 0.1) is 6.92 Å². The van der Waals surface area contributed by atoms with E-state index in [1.54, 1.807) is 17.5 Å². The summed E-state index contributed by atoms with van der Waals surface area (Å²) in [6.45, 7) is 2.18. The fraction of sp³-hybridized carbons (Fsp3) is 0.294. The molecular weight excluding hydrogens is 324 g/mol. The summed E-state index contributed by atoms with van der Waals surface area (Å²) < 4.78 is 5.18. The van der Waals surface area contributed by atoms with Crippen molar-refractivity contribution >= 4 is 17.2 Å². The summed E-state index contributed by atoms with van der Waals surface area (Å²) in [5.74, 6) is 0.696. The summed E-state index contributed by atoms with van der Waals surface area (Å²) in [6.07, 6.45) is 5.11. The molecule has 0 radical (unpaired) electrons. The molecule has 24 heavy (non-hydrogen) atoms. The van der Waals surface area contributed by atoms with Crippen LogP contribution in [0.3, 0.4) is 0 Å². The van der Waals surface area contributed by atoms with Crippen LogP contribution in [-0.2, 0) is 19.4 Å². The molecule has 0 aliphatic heterocycles. The maximum Gasteiger partial charge on any atom is 0.261 e. The van der Waals surface area contributed by atoms with Crippen molar-refractivity contribution in [1.29, 1.82) is 0 Å². The van der Waals surface area contributed by atoms with E-state index in [0.29, 0.717) is 17.4 Å². The molecule has 1 amide bonds. The predicted octanol–water partition coefficient (Wildman–Crippen LogP) is 2.92. The molecule has 3 heterocycles. The van der Waals surface area contributed by atoms with Gasteiger partial charge in [0.05, 0.1) is 11.4 Å². The Morgan fingerprint density at radius 3 is 3.08 bits per heavy atom. The van der Waals surface area contributed by atoms with Gasteiger partial charge in [-0.3, -0.25) is 9.78 Å². The van der Waals surface area contributed by atoms with E-state index in [0.717, 1.165) is 23.3 Å². The van der Waals surface area contributed by atoms with Gasteiger partial charge in [0.1, 0.15) is 5.69 Å². The zero-order valence-corrected chi connectivity index (χ0v) is 14.0. The lowest BCUT2D eigenvalue weighted by molar-refractivity contribution is 0.0950. The molecular formula is C17H16N4O2S. The first-order valence-corrected chi connectivity index (χ1v) is 8.66. The van der Waals surface area contributed by atoms with Crippen molar-refractivity contribution in [3.63, 3.8) is 0 Å². The van der Waals surface area contributed by atoms with Crippen molar-refractivity contribution in [3.8, 4) is 11.5 Å². The fourth-order valence-corrected chi connectivity index (χ4v) is 3.88. The Bertz CT molecular complexity index is 861. The fourth-order valence-electron chi connectivity index (χ4n) is 2.71. The van der Waals surface area contributed by atoms with E-state index in [1.165, 1.54) is 16.9 Å². The van der Waals surface area contributed by atoms with Crippen molar-refractivity contribution in [2.45, 2.75) is 32.7 Å². The van der Waals surface area contributed by atoms with Crippen molar-refractivity contribution in [1.82, 2.24) is 20.4 Å². The van der Waals surface area contributed by atoms with E-state index >= 15 is 0 Å². The van der Waals surface area contributed by atoms with Gasteiger partial charge in [0.15, 0.2) is 0 Å². The third-order valence-electron chi connectivity index (χ3n) is 3.98. The Hall–Kier alpha value is -2.54. The van der Waals surface area contributed by atoms with E-state index < -0.39 is 0 Å². The monoisotopic (exact) mass is 340 g/mol. The van der Waals surface area contributed by atoms with E-state index in [1.807, 2.05) is 25.1 Å². The number of pyridine rings is 1. The van der Waals surface area contributed by atoms with Crippen LogP contribution in [0.15, 0.2) is 28.9 Å². The lowest BCUT2D eigenvalue weighted by Gasteiger charge is -1.99. The van der Waals surface area contributed by atoms with Crippen LogP contribution in [0.2, 0.25) is 0 Å². The number of amides is 1. The van der Waals surface area contributed by atoms with Gasteiger partial charge in [-0.25, -0.2) is 0 Å². The number of carbonyl (C=O) groups is 1. The summed E-state index contributed by atoms with van der Waals surface area (Å²) in [5.41, 5.74) is 3.03. The second-order valence-electron chi connectivity index (χ2n) is 5.83. The maximum atomic E-state index is 12.2. The number of aromatic nitrogens is 3. The highest BCUT2D eigenvalue weighted by Gasteiger charge is 2.19. The second kappa shape index (κ2) is 6.16. The minimum atomic E-state index is -0.0948. The van der Waals surface area contributed by atoms with Crippen molar-refractivity contribution in [2.75, 3.05) is 0 Å². The van der Waals surface area contributed by atoms with Gasteiger partial charge >= 0.3 is 0 Å². The Morgan fingerprint density at radius 1 is 1.38 bits per heavy atom. The Morgan fingerprint density at radius 2 is 2.29 bits per heavy atom. The number of nitrogens with zero attached hydrogens (tertiary/aromatic N) is 3. The molecule has 0 spiro atoms. The summed E-state index contributed by atoms with van der Waals surface area (Å²) in [7, 11) is 0. The molecule has 1 N–H and O–H groups in total. The van der Waals surface area contributed by atoms with Gasteiger partial charge in [0.2, 0.25) is 11.7 Å². The molecule has 3 aromatic heterocycles. The summed E-state index contributed by atoms with van der Waals surface area (Å²) in [6, 6.07) is 5.78. The number of thiophene rings is 1. The molecule has 0 saturated carbocycles. The molecule has 0 aromatic carbocycles. The van der Waals surface area contributed by atoms with E-state index in [-0.39, 0.29) is 12.5 Å². The van der Waals surface area contributed by atoms with Gasteiger partial charge in [0.25, 0.3) is 5.91 Å². The SMILES string of the molecule is Cc1ccc(-c2noc(CNC(=O)c3cc4c(s3)CCC4)n2)nc1. The molecule has 1 aliphatic carbocycles. The smallest absolute Gasteiger partial charge is 0.261 e. The summed E-state index contributed by atoms with van der Waals surface area (Å²) in [4.78, 5) is 22.9. The molecule has 122 valence electrons. The zero-order valence-electron chi connectivity index (χ0n) is 13.2. The van der Waals surface area contributed by atoms with Crippen molar-refractivity contribution in [3.05, 3.63) is 51.2 Å². The lowest BCUT2D eigenvalue weighted by atomic mass is 10.2. The van der Waals surface area contributed by atoms with Crippen LogP contribution in [-0.4, -0.2) is 21.0 Å². The highest BCUT2D eigenvalue weighted by Crippen LogP contribution is 2.30. The number of hydrogen-bond donors (Lipinski definition) is 1. The van der Waals surface area contributed by atoms with Crippen LogP contribution in [0.25, 0.3) is 11.5 Å². The summed E-state index contributed by atoms with van der Waals surface area (Å²) in [5, 5.41) is 6.74. The molecule has 4 rings (SSSR count). The van der Waals surface area contributed by atoms with Crippen LogP contribution < -0.4 is 5.32 Å². The molecule has 0 atom stereocenters. The summed E-state index contributed by atoms with van der Waals surface area (Å²) >= 11 is 1.58. The molecule has 3 aromatic rings. The Labute approximate surface area is 142 Å². The van der Waals surface area contributed by atoms with Gasteiger partial charge in [-0.2, -0.15) is 4.98 Å². The number of nitrogens with one attached hydrogen (secondary N) is 1. The van der Waals surface area contributed by atoms with Crippen LogP contribution >= 0.6 is 11.3 Å². The minimum absolute atomic E-state index is 0.0948. The third kappa shape index (κ3) is 2.94. The Kier molecular flexibility index (Phi) is 3.86.